The lowest BCUT2D eigenvalue weighted by molar-refractivity contribution is -0.121. The molecule has 0 aliphatic carbocycles. The molecule has 0 aromatic rings. The van der Waals surface area contributed by atoms with E-state index in [2.05, 4.69) is 24.5 Å². The lowest BCUT2D eigenvalue weighted by Gasteiger charge is -2.16. The van der Waals surface area contributed by atoms with Crippen LogP contribution in [0.1, 0.15) is 20.3 Å². The van der Waals surface area contributed by atoms with Gasteiger partial charge in [-0.05, 0) is 26.4 Å². The molecule has 4 nitrogen and oxygen atoms in total. The maximum absolute atomic E-state index is 11.4. The summed E-state index contributed by atoms with van der Waals surface area (Å²) < 4.78 is 0. The fourth-order valence-electron chi connectivity index (χ4n) is 1.18. The van der Waals surface area contributed by atoms with Crippen LogP contribution >= 0.6 is 0 Å². The Bertz CT molecular complexity index is 171. The Morgan fingerprint density at radius 2 is 2.00 bits per heavy atom. The quantitative estimate of drug-likeness (QED) is 0.612. The molecule has 0 bridgehead atoms. The number of carbonyl (C=O) groups is 1. The second kappa shape index (κ2) is 8.68. The van der Waals surface area contributed by atoms with Crippen LogP contribution in [0.5, 0.6) is 0 Å². The van der Waals surface area contributed by atoms with Crippen LogP contribution in [0, 0.1) is 5.92 Å². The van der Waals surface area contributed by atoms with Crippen molar-refractivity contribution in [3.63, 3.8) is 0 Å². The molecule has 90 valence electrons. The molecule has 0 atom stereocenters. The predicted octanol–water partition coefficient (Wildman–Crippen LogP) is 0.300. The molecule has 0 aliphatic rings. The first-order valence-electron chi connectivity index (χ1n) is 5.66. The predicted molar refractivity (Wildman–Crippen MR) is 63.9 cm³/mol. The summed E-state index contributed by atoms with van der Waals surface area (Å²) in [4.78, 5) is 13.4. The standard InChI is InChI=1S/C11H25N3O/c1-10(2)5-6-13-11(15)9-14(4)8-7-12-3/h10,12H,5-9H2,1-4H3,(H,13,15). The Hall–Kier alpha value is -0.610. The van der Waals surface area contributed by atoms with Gasteiger partial charge in [-0.25, -0.2) is 0 Å². The highest BCUT2D eigenvalue weighted by Gasteiger charge is 2.05. The number of likely N-dealkylation sites (N-methyl/N-ethyl adjacent to an activating group) is 2. The third-order valence-electron chi connectivity index (χ3n) is 2.20. The van der Waals surface area contributed by atoms with Crippen LogP contribution in [0.3, 0.4) is 0 Å². The summed E-state index contributed by atoms with van der Waals surface area (Å²) in [5, 5.41) is 5.98. The van der Waals surface area contributed by atoms with E-state index in [-0.39, 0.29) is 5.91 Å². The van der Waals surface area contributed by atoms with Crippen molar-refractivity contribution in [3.05, 3.63) is 0 Å². The molecule has 4 heteroatoms. The van der Waals surface area contributed by atoms with Crippen LogP contribution in [-0.4, -0.2) is 51.1 Å². The normalized spacial score (nSPS) is 11.1. The molecule has 0 unspecified atom stereocenters. The van der Waals surface area contributed by atoms with Crippen LogP contribution in [-0.2, 0) is 4.79 Å². The number of nitrogens with zero attached hydrogens (tertiary/aromatic N) is 1. The van der Waals surface area contributed by atoms with Gasteiger partial charge in [-0.3, -0.25) is 9.69 Å². The molecule has 15 heavy (non-hydrogen) atoms. The third-order valence-corrected chi connectivity index (χ3v) is 2.20. The number of amides is 1. The molecule has 0 saturated heterocycles. The minimum Gasteiger partial charge on any atom is -0.355 e. The summed E-state index contributed by atoms with van der Waals surface area (Å²) in [5.41, 5.74) is 0. The maximum atomic E-state index is 11.4. The van der Waals surface area contributed by atoms with E-state index in [0.717, 1.165) is 26.1 Å². The first kappa shape index (κ1) is 14.4. The van der Waals surface area contributed by atoms with Gasteiger partial charge in [-0.15, -0.1) is 0 Å². The molecule has 0 saturated carbocycles. The number of rotatable bonds is 8. The van der Waals surface area contributed by atoms with E-state index in [0.29, 0.717) is 12.5 Å². The molecule has 0 rings (SSSR count). The Kier molecular flexibility index (Phi) is 8.33. The summed E-state index contributed by atoms with van der Waals surface area (Å²) >= 11 is 0. The van der Waals surface area contributed by atoms with E-state index in [1.807, 2.05) is 19.0 Å². The Morgan fingerprint density at radius 1 is 1.33 bits per heavy atom. The van der Waals surface area contributed by atoms with Gasteiger partial charge in [0.1, 0.15) is 0 Å². The van der Waals surface area contributed by atoms with Gasteiger partial charge < -0.3 is 10.6 Å². The fraction of sp³-hybridized carbons (Fsp3) is 0.909. The lowest BCUT2D eigenvalue weighted by Crippen LogP contribution is -2.38. The summed E-state index contributed by atoms with van der Waals surface area (Å²) in [6.07, 6.45) is 1.05. The summed E-state index contributed by atoms with van der Waals surface area (Å²) in [6, 6.07) is 0. The first-order chi connectivity index (χ1) is 7.06. The topological polar surface area (TPSA) is 44.4 Å². The van der Waals surface area contributed by atoms with Crippen LogP contribution in [0.15, 0.2) is 0 Å². The van der Waals surface area contributed by atoms with Gasteiger partial charge in [0.25, 0.3) is 0 Å². The fourth-order valence-corrected chi connectivity index (χ4v) is 1.18. The SMILES string of the molecule is CNCCN(C)CC(=O)NCCC(C)C. The molecule has 0 aliphatic heterocycles. The van der Waals surface area contributed by atoms with Gasteiger partial charge in [0.05, 0.1) is 6.54 Å². The van der Waals surface area contributed by atoms with Crippen molar-refractivity contribution in [2.75, 3.05) is 40.3 Å². The van der Waals surface area contributed by atoms with Crippen LogP contribution in [0.2, 0.25) is 0 Å². The largest absolute Gasteiger partial charge is 0.355 e. The average molecular weight is 215 g/mol. The Balaban J connectivity index is 3.46. The second-order valence-electron chi connectivity index (χ2n) is 4.37. The molecular formula is C11H25N3O. The van der Waals surface area contributed by atoms with Crippen molar-refractivity contribution in [1.82, 2.24) is 15.5 Å². The van der Waals surface area contributed by atoms with Crippen LogP contribution in [0.25, 0.3) is 0 Å². The molecule has 0 spiro atoms. The molecular weight excluding hydrogens is 190 g/mol. The van der Waals surface area contributed by atoms with Crippen molar-refractivity contribution >= 4 is 5.91 Å². The molecule has 0 heterocycles. The van der Waals surface area contributed by atoms with Crippen molar-refractivity contribution in [2.24, 2.45) is 5.92 Å². The van der Waals surface area contributed by atoms with E-state index in [1.54, 1.807) is 0 Å². The highest BCUT2D eigenvalue weighted by atomic mass is 16.2. The van der Waals surface area contributed by atoms with E-state index < -0.39 is 0 Å². The van der Waals surface area contributed by atoms with E-state index in [9.17, 15) is 4.79 Å². The minimum atomic E-state index is 0.120. The van der Waals surface area contributed by atoms with Crippen molar-refractivity contribution in [3.8, 4) is 0 Å². The molecule has 1 amide bonds. The van der Waals surface area contributed by atoms with Gasteiger partial charge in [-0.2, -0.15) is 0 Å². The van der Waals surface area contributed by atoms with Crippen LogP contribution < -0.4 is 10.6 Å². The first-order valence-corrected chi connectivity index (χ1v) is 5.66. The average Bonchev–Trinajstić information content (AvgIpc) is 2.14. The van der Waals surface area contributed by atoms with Gasteiger partial charge >= 0.3 is 0 Å². The zero-order valence-corrected chi connectivity index (χ0v) is 10.5. The number of nitrogens with one attached hydrogen (secondary N) is 2. The Labute approximate surface area is 93.4 Å². The van der Waals surface area contributed by atoms with Gasteiger partial charge in [-0.1, -0.05) is 13.8 Å². The number of hydrogen-bond acceptors (Lipinski definition) is 3. The monoisotopic (exact) mass is 215 g/mol. The van der Waals surface area contributed by atoms with Crippen LogP contribution in [0.4, 0.5) is 0 Å². The van der Waals surface area contributed by atoms with E-state index in [4.69, 9.17) is 0 Å². The summed E-state index contributed by atoms with van der Waals surface area (Å²) in [6.45, 7) is 7.40. The van der Waals surface area contributed by atoms with Crippen molar-refractivity contribution in [1.29, 1.82) is 0 Å². The molecule has 2 N–H and O–H groups in total. The smallest absolute Gasteiger partial charge is 0.234 e. The van der Waals surface area contributed by atoms with Crippen molar-refractivity contribution < 1.29 is 4.79 Å². The van der Waals surface area contributed by atoms with E-state index >= 15 is 0 Å². The van der Waals surface area contributed by atoms with Gasteiger partial charge in [0.2, 0.25) is 5.91 Å². The Morgan fingerprint density at radius 3 is 2.53 bits per heavy atom. The third kappa shape index (κ3) is 9.69. The van der Waals surface area contributed by atoms with Gasteiger partial charge in [0, 0.05) is 19.6 Å². The molecule has 0 radical (unpaired) electrons. The maximum Gasteiger partial charge on any atom is 0.234 e. The number of carbonyl (C=O) groups excluding carboxylic acids is 1. The summed E-state index contributed by atoms with van der Waals surface area (Å²) in [7, 11) is 3.87. The molecule has 0 fully saturated rings. The molecule has 0 aromatic carbocycles. The van der Waals surface area contributed by atoms with Crippen molar-refractivity contribution in [2.45, 2.75) is 20.3 Å². The zero-order valence-electron chi connectivity index (χ0n) is 10.5. The molecule has 0 aromatic heterocycles. The second-order valence-corrected chi connectivity index (χ2v) is 4.37. The zero-order chi connectivity index (χ0) is 11.7. The number of hydrogen-bond donors (Lipinski definition) is 2. The van der Waals surface area contributed by atoms with E-state index in [1.165, 1.54) is 0 Å². The lowest BCUT2D eigenvalue weighted by atomic mass is 10.1. The summed E-state index contributed by atoms with van der Waals surface area (Å²) in [5.74, 6) is 0.765. The highest BCUT2D eigenvalue weighted by Crippen LogP contribution is 1.96. The van der Waals surface area contributed by atoms with Gasteiger partial charge in [0.15, 0.2) is 0 Å². The highest BCUT2D eigenvalue weighted by molar-refractivity contribution is 5.77. The minimum absolute atomic E-state index is 0.120.